The lowest BCUT2D eigenvalue weighted by molar-refractivity contribution is -0.135. The Morgan fingerprint density at radius 1 is 1.21 bits per heavy atom. The highest BCUT2D eigenvalue weighted by Gasteiger charge is 2.49. The maximum atomic E-state index is 12.5. The number of hydrogen-bond donors (Lipinski definition) is 3. The number of rotatable bonds is 4. The summed E-state index contributed by atoms with van der Waals surface area (Å²) in [4.78, 5) is 24.1. The third-order valence-corrected chi connectivity index (χ3v) is 4.84. The maximum absolute atomic E-state index is 12.5. The van der Waals surface area contributed by atoms with E-state index in [2.05, 4.69) is 16.0 Å². The van der Waals surface area contributed by atoms with Crippen molar-refractivity contribution in [3.63, 3.8) is 0 Å². The molecule has 1 heterocycles. The van der Waals surface area contributed by atoms with Crippen LogP contribution in [0.15, 0.2) is 0 Å². The Balaban J connectivity index is 1.54. The average Bonchev–Trinajstić information content (AvgIpc) is 3.11. The van der Waals surface area contributed by atoms with Gasteiger partial charge < -0.3 is 16.0 Å². The van der Waals surface area contributed by atoms with Crippen molar-refractivity contribution in [3.8, 4) is 0 Å². The Morgan fingerprint density at radius 2 is 2.05 bits per heavy atom. The molecule has 106 valence electrons. The lowest BCUT2D eigenvalue weighted by Crippen LogP contribution is -2.50. The number of carbonyl (C=O) groups excluding carboxylic acids is 2. The lowest BCUT2D eigenvalue weighted by Gasteiger charge is -2.37. The summed E-state index contributed by atoms with van der Waals surface area (Å²) in [6, 6.07) is 0.359. The highest BCUT2D eigenvalue weighted by Crippen LogP contribution is 2.43. The summed E-state index contributed by atoms with van der Waals surface area (Å²) in [5, 5.41) is 9.11. The monoisotopic (exact) mass is 265 g/mol. The molecule has 2 aliphatic carbocycles. The zero-order chi connectivity index (χ0) is 13.3. The number of fused-ring (bicyclic) bond motifs is 1. The van der Waals surface area contributed by atoms with Crippen molar-refractivity contribution in [2.24, 2.45) is 11.3 Å². The van der Waals surface area contributed by atoms with E-state index in [1.807, 2.05) is 0 Å². The minimum atomic E-state index is -0.252. The topological polar surface area (TPSA) is 70.2 Å². The Labute approximate surface area is 113 Å². The second-order valence-corrected chi connectivity index (χ2v) is 6.25. The van der Waals surface area contributed by atoms with Crippen molar-refractivity contribution in [1.82, 2.24) is 16.0 Å². The molecule has 0 aromatic heterocycles. The molecule has 3 fully saturated rings. The van der Waals surface area contributed by atoms with Crippen molar-refractivity contribution in [2.45, 2.75) is 44.6 Å². The van der Waals surface area contributed by atoms with Crippen molar-refractivity contribution >= 4 is 11.8 Å². The van der Waals surface area contributed by atoms with Gasteiger partial charge in [0.15, 0.2) is 0 Å². The van der Waals surface area contributed by atoms with Crippen LogP contribution in [0, 0.1) is 11.3 Å². The zero-order valence-corrected chi connectivity index (χ0v) is 11.3. The fourth-order valence-corrected chi connectivity index (χ4v) is 3.53. The third kappa shape index (κ3) is 2.61. The van der Waals surface area contributed by atoms with E-state index in [1.54, 1.807) is 0 Å². The van der Waals surface area contributed by atoms with Crippen LogP contribution in [0.3, 0.4) is 0 Å². The van der Waals surface area contributed by atoms with Crippen LogP contribution in [-0.4, -0.2) is 37.5 Å². The molecule has 2 saturated carbocycles. The van der Waals surface area contributed by atoms with Crippen LogP contribution >= 0.6 is 0 Å². The van der Waals surface area contributed by atoms with Gasteiger partial charge in [0.05, 0.1) is 12.0 Å². The number of amides is 2. The van der Waals surface area contributed by atoms with E-state index in [0.29, 0.717) is 12.0 Å². The Bertz CT molecular complexity index is 381. The summed E-state index contributed by atoms with van der Waals surface area (Å²) in [6.07, 6.45) is 6.60. The predicted octanol–water partition coefficient (Wildman–Crippen LogP) is 0.161. The van der Waals surface area contributed by atoms with Crippen LogP contribution in [0.2, 0.25) is 0 Å². The quantitative estimate of drug-likeness (QED) is 0.678. The van der Waals surface area contributed by atoms with Gasteiger partial charge in [0, 0.05) is 12.6 Å². The number of nitrogens with one attached hydrogen (secondary N) is 3. The standard InChI is InChI=1S/C14H23N3O2/c18-12(17-11-4-5-11)8-16-13(19)14-6-2-1-3-10(14)7-15-9-14/h10-11,15H,1-9H2,(H,16,19)(H,17,18)/t10-,14+/m0/s1. The fraction of sp³-hybridized carbons (Fsp3) is 0.857. The van der Waals surface area contributed by atoms with Crippen molar-refractivity contribution in [2.75, 3.05) is 19.6 Å². The van der Waals surface area contributed by atoms with Gasteiger partial charge in [-0.1, -0.05) is 12.8 Å². The summed E-state index contributed by atoms with van der Waals surface area (Å²) in [6.45, 7) is 1.85. The van der Waals surface area contributed by atoms with Crippen LogP contribution in [0.4, 0.5) is 0 Å². The van der Waals surface area contributed by atoms with Crippen LogP contribution in [0.25, 0.3) is 0 Å². The van der Waals surface area contributed by atoms with Crippen LogP contribution in [0.1, 0.15) is 38.5 Å². The maximum Gasteiger partial charge on any atom is 0.239 e. The first kappa shape index (κ1) is 12.9. The molecule has 3 aliphatic rings. The predicted molar refractivity (Wildman–Crippen MR) is 71.4 cm³/mol. The molecule has 19 heavy (non-hydrogen) atoms. The number of hydrogen-bond acceptors (Lipinski definition) is 3. The van der Waals surface area contributed by atoms with E-state index in [1.165, 1.54) is 6.42 Å². The summed E-state index contributed by atoms with van der Waals surface area (Å²) >= 11 is 0. The van der Waals surface area contributed by atoms with E-state index in [-0.39, 0.29) is 23.8 Å². The Morgan fingerprint density at radius 3 is 2.84 bits per heavy atom. The van der Waals surface area contributed by atoms with Gasteiger partial charge in [0.2, 0.25) is 11.8 Å². The first-order chi connectivity index (χ1) is 9.21. The van der Waals surface area contributed by atoms with Crippen LogP contribution in [-0.2, 0) is 9.59 Å². The molecular weight excluding hydrogens is 242 g/mol. The molecule has 3 N–H and O–H groups in total. The van der Waals surface area contributed by atoms with E-state index in [4.69, 9.17) is 0 Å². The Kier molecular flexibility index (Phi) is 3.48. The van der Waals surface area contributed by atoms with Gasteiger partial charge in [-0.3, -0.25) is 9.59 Å². The Hall–Kier alpha value is -1.10. The summed E-state index contributed by atoms with van der Waals surface area (Å²) in [5.41, 5.74) is -0.252. The molecule has 1 saturated heterocycles. The molecule has 3 rings (SSSR count). The minimum Gasteiger partial charge on any atom is -0.352 e. The molecule has 0 aromatic carbocycles. The van der Waals surface area contributed by atoms with Crippen LogP contribution < -0.4 is 16.0 Å². The molecule has 0 bridgehead atoms. The second kappa shape index (κ2) is 5.12. The first-order valence-corrected chi connectivity index (χ1v) is 7.49. The van der Waals surface area contributed by atoms with Crippen molar-refractivity contribution in [3.05, 3.63) is 0 Å². The molecule has 0 aromatic rings. The van der Waals surface area contributed by atoms with Gasteiger partial charge >= 0.3 is 0 Å². The minimum absolute atomic E-state index is 0.0504. The fourth-order valence-electron chi connectivity index (χ4n) is 3.53. The zero-order valence-electron chi connectivity index (χ0n) is 11.3. The molecule has 1 aliphatic heterocycles. The molecule has 5 nitrogen and oxygen atoms in total. The molecule has 2 atom stereocenters. The van der Waals surface area contributed by atoms with Gasteiger partial charge in [0.1, 0.15) is 0 Å². The average molecular weight is 265 g/mol. The van der Waals surface area contributed by atoms with E-state index in [0.717, 1.165) is 45.2 Å². The van der Waals surface area contributed by atoms with Gasteiger partial charge in [-0.05, 0) is 38.1 Å². The highest BCUT2D eigenvalue weighted by atomic mass is 16.2. The van der Waals surface area contributed by atoms with E-state index in [9.17, 15) is 9.59 Å². The second-order valence-electron chi connectivity index (χ2n) is 6.25. The lowest BCUT2D eigenvalue weighted by atomic mass is 9.67. The smallest absolute Gasteiger partial charge is 0.239 e. The highest BCUT2D eigenvalue weighted by molar-refractivity contribution is 5.88. The van der Waals surface area contributed by atoms with Gasteiger partial charge in [-0.15, -0.1) is 0 Å². The number of carbonyl (C=O) groups is 2. The van der Waals surface area contributed by atoms with Gasteiger partial charge in [0.25, 0.3) is 0 Å². The normalized spacial score (nSPS) is 33.6. The molecule has 0 unspecified atom stereocenters. The van der Waals surface area contributed by atoms with Crippen molar-refractivity contribution < 1.29 is 9.59 Å². The van der Waals surface area contributed by atoms with Gasteiger partial charge in [-0.2, -0.15) is 0 Å². The summed E-state index contributed by atoms with van der Waals surface area (Å²) in [7, 11) is 0. The van der Waals surface area contributed by atoms with E-state index >= 15 is 0 Å². The molecule has 5 heteroatoms. The van der Waals surface area contributed by atoms with Crippen molar-refractivity contribution in [1.29, 1.82) is 0 Å². The molecule has 0 radical (unpaired) electrons. The summed E-state index contributed by atoms with van der Waals surface area (Å²) in [5.74, 6) is 0.478. The van der Waals surface area contributed by atoms with Crippen LogP contribution in [0.5, 0.6) is 0 Å². The van der Waals surface area contributed by atoms with Gasteiger partial charge in [-0.25, -0.2) is 0 Å². The summed E-state index contributed by atoms with van der Waals surface area (Å²) < 4.78 is 0. The largest absolute Gasteiger partial charge is 0.352 e. The molecular formula is C14H23N3O2. The molecule has 2 amide bonds. The SMILES string of the molecule is O=C(CNC(=O)[C@@]12CCCC[C@H]1CNC2)NC1CC1. The first-order valence-electron chi connectivity index (χ1n) is 7.49. The third-order valence-electron chi connectivity index (χ3n) is 4.84. The molecule has 0 spiro atoms. The van der Waals surface area contributed by atoms with E-state index < -0.39 is 0 Å².